The number of hydrogen-bond donors (Lipinski definition) is 0. The monoisotopic (exact) mass is 352 g/mol. The number of carbonyl (C=O) groups excluding carboxylic acids is 1. The minimum absolute atomic E-state index is 0.115. The van der Waals surface area contributed by atoms with Crippen molar-refractivity contribution in [3.63, 3.8) is 0 Å². The highest BCUT2D eigenvalue weighted by Crippen LogP contribution is 2.48. The van der Waals surface area contributed by atoms with Gasteiger partial charge in [0, 0.05) is 0 Å². The Kier molecular flexibility index (Phi) is 4.60. The summed E-state index contributed by atoms with van der Waals surface area (Å²) in [7, 11) is 3.24. The van der Waals surface area contributed by atoms with E-state index >= 15 is 0 Å². The Morgan fingerprint density at radius 1 is 0.885 bits per heavy atom. The number of ether oxygens (including phenoxy) is 2. The average molecular weight is 352 g/mol. The zero-order valence-corrected chi connectivity index (χ0v) is 16.6. The second-order valence-corrected chi connectivity index (χ2v) is 8.41. The topological polar surface area (TPSA) is 35.5 Å². The molecular formula is C23H28O3. The molecule has 0 atom stereocenters. The predicted octanol–water partition coefficient (Wildman–Crippen LogP) is 5.53. The molecule has 138 valence electrons. The number of methoxy groups -OCH3 is 2. The molecule has 1 aliphatic carbocycles. The number of benzene rings is 2. The minimum Gasteiger partial charge on any atom is -0.496 e. The number of carbonyl (C=O) groups is 1. The Bertz CT molecular complexity index is 847. The molecule has 26 heavy (non-hydrogen) atoms. The van der Waals surface area contributed by atoms with Crippen LogP contribution in [0, 0.1) is 0 Å². The molecule has 0 amide bonds. The Hall–Kier alpha value is -2.29. The van der Waals surface area contributed by atoms with E-state index in [0.717, 1.165) is 23.8 Å². The van der Waals surface area contributed by atoms with Crippen LogP contribution in [0.5, 0.6) is 11.5 Å². The molecule has 0 N–H and O–H groups in total. The fourth-order valence-corrected chi connectivity index (χ4v) is 4.08. The van der Waals surface area contributed by atoms with Crippen molar-refractivity contribution in [2.75, 3.05) is 14.2 Å². The summed E-state index contributed by atoms with van der Waals surface area (Å²) in [5, 5.41) is 0. The number of rotatable bonds is 4. The van der Waals surface area contributed by atoms with E-state index < -0.39 is 0 Å². The Balaban J connectivity index is 2.29. The third-order valence-corrected chi connectivity index (χ3v) is 5.84. The number of fused-ring (bicyclic) bond motifs is 1. The average Bonchev–Trinajstić information content (AvgIpc) is 2.63. The van der Waals surface area contributed by atoms with Crippen LogP contribution in [0.3, 0.4) is 0 Å². The van der Waals surface area contributed by atoms with Gasteiger partial charge in [-0.2, -0.15) is 0 Å². The summed E-state index contributed by atoms with van der Waals surface area (Å²) in [5.74, 6) is 1.27. The van der Waals surface area contributed by atoms with Crippen LogP contribution < -0.4 is 9.47 Å². The fourth-order valence-electron chi connectivity index (χ4n) is 4.08. The predicted molar refractivity (Wildman–Crippen MR) is 106 cm³/mol. The molecule has 1 aliphatic rings. The van der Waals surface area contributed by atoms with Crippen molar-refractivity contribution in [2.24, 2.45) is 0 Å². The molecule has 0 aliphatic heterocycles. The Morgan fingerprint density at radius 3 is 2.12 bits per heavy atom. The first-order valence-electron chi connectivity index (χ1n) is 9.10. The SMILES string of the molecule is COc1ccc(C=O)c(OC)c1-c1ccc2c(c1)C(C)(C)CCC2(C)C. The second kappa shape index (κ2) is 6.46. The molecule has 0 spiro atoms. The third-order valence-electron chi connectivity index (χ3n) is 5.84. The third kappa shape index (κ3) is 2.90. The van der Waals surface area contributed by atoms with E-state index in [-0.39, 0.29) is 10.8 Å². The van der Waals surface area contributed by atoms with Crippen LogP contribution in [0.15, 0.2) is 30.3 Å². The quantitative estimate of drug-likeness (QED) is 0.679. The molecule has 0 heterocycles. The summed E-state index contributed by atoms with van der Waals surface area (Å²) in [6.07, 6.45) is 3.16. The van der Waals surface area contributed by atoms with Gasteiger partial charge in [-0.25, -0.2) is 0 Å². The lowest BCUT2D eigenvalue weighted by molar-refractivity contribution is 0.112. The first-order valence-corrected chi connectivity index (χ1v) is 9.10. The second-order valence-electron chi connectivity index (χ2n) is 8.41. The smallest absolute Gasteiger partial charge is 0.153 e. The Morgan fingerprint density at radius 2 is 1.54 bits per heavy atom. The maximum atomic E-state index is 11.5. The van der Waals surface area contributed by atoms with Crippen molar-refractivity contribution in [1.29, 1.82) is 0 Å². The van der Waals surface area contributed by atoms with Gasteiger partial charge in [0.2, 0.25) is 0 Å². The lowest BCUT2D eigenvalue weighted by Gasteiger charge is -2.42. The first kappa shape index (κ1) is 18.5. The van der Waals surface area contributed by atoms with Crippen LogP contribution in [-0.4, -0.2) is 20.5 Å². The molecule has 3 heteroatoms. The van der Waals surface area contributed by atoms with Gasteiger partial charge in [0.25, 0.3) is 0 Å². The summed E-state index contributed by atoms with van der Waals surface area (Å²) < 4.78 is 11.2. The highest BCUT2D eigenvalue weighted by Gasteiger charge is 2.37. The van der Waals surface area contributed by atoms with Crippen molar-refractivity contribution < 1.29 is 14.3 Å². The Labute approximate surface area is 156 Å². The van der Waals surface area contributed by atoms with E-state index in [1.165, 1.54) is 17.5 Å². The van der Waals surface area contributed by atoms with Crippen molar-refractivity contribution in [3.8, 4) is 22.6 Å². The van der Waals surface area contributed by atoms with Gasteiger partial charge in [-0.1, -0.05) is 45.9 Å². The van der Waals surface area contributed by atoms with Crippen molar-refractivity contribution in [1.82, 2.24) is 0 Å². The summed E-state index contributed by atoms with van der Waals surface area (Å²) in [5.41, 5.74) is 5.44. The minimum atomic E-state index is 0.115. The zero-order valence-electron chi connectivity index (χ0n) is 16.6. The van der Waals surface area contributed by atoms with Crippen LogP contribution in [-0.2, 0) is 10.8 Å². The number of aldehydes is 1. The fraction of sp³-hybridized carbons (Fsp3) is 0.435. The van der Waals surface area contributed by atoms with E-state index in [4.69, 9.17) is 9.47 Å². The molecule has 2 aromatic rings. The molecule has 0 fully saturated rings. The van der Waals surface area contributed by atoms with Crippen LogP contribution in [0.1, 0.15) is 62.0 Å². The molecule has 0 aromatic heterocycles. The van der Waals surface area contributed by atoms with Crippen molar-refractivity contribution >= 4 is 6.29 Å². The zero-order chi connectivity index (χ0) is 19.1. The van der Waals surface area contributed by atoms with Crippen LogP contribution in [0.25, 0.3) is 11.1 Å². The largest absolute Gasteiger partial charge is 0.496 e. The standard InChI is InChI=1S/C23H28O3/c1-22(2)11-12-23(3,4)18-13-15(7-9-17(18)22)20-19(25-5)10-8-16(14-24)21(20)26-6/h7-10,13-14H,11-12H2,1-6H3. The van der Waals surface area contributed by atoms with Crippen LogP contribution in [0.4, 0.5) is 0 Å². The number of hydrogen-bond acceptors (Lipinski definition) is 3. The van der Waals surface area contributed by atoms with E-state index in [0.29, 0.717) is 17.1 Å². The molecule has 2 aromatic carbocycles. The molecule has 0 radical (unpaired) electrons. The molecule has 0 saturated carbocycles. The lowest BCUT2D eigenvalue weighted by Crippen LogP contribution is -2.33. The summed E-state index contributed by atoms with van der Waals surface area (Å²) >= 11 is 0. The van der Waals surface area contributed by atoms with Crippen LogP contribution >= 0.6 is 0 Å². The lowest BCUT2D eigenvalue weighted by atomic mass is 9.63. The molecule has 3 nitrogen and oxygen atoms in total. The van der Waals surface area contributed by atoms with Gasteiger partial charge < -0.3 is 9.47 Å². The summed E-state index contributed by atoms with van der Waals surface area (Å²) in [6.45, 7) is 9.24. The molecule has 0 unspecified atom stereocenters. The molecule has 0 saturated heterocycles. The molecule has 0 bridgehead atoms. The van der Waals surface area contributed by atoms with Gasteiger partial charge in [-0.15, -0.1) is 0 Å². The highest BCUT2D eigenvalue weighted by atomic mass is 16.5. The summed E-state index contributed by atoms with van der Waals surface area (Å²) in [4.78, 5) is 11.5. The summed E-state index contributed by atoms with van der Waals surface area (Å²) in [6, 6.07) is 10.2. The van der Waals surface area contributed by atoms with Gasteiger partial charge in [0.05, 0.1) is 25.3 Å². The van der Waals surface area contributed by atoms with Gasteiger partial charge in [0.1, 0.15) is 11.5 Å². The maximum Gasteiger partial charge on any atom is 0.153 e. The molecular weight excluding hydrogens is 324 g/mol. The van der Waals surface area contributed by atoms with E-state index in [2.05, 4.69) is 45.9 Å². The van der Waals surface area contributed by atoms with Crippen molar-refractivity contribution in [2.45, 2.75) is 51.4 Å². The van der Waals surface area contributed by atoms with Crippen LogP contribution in [0.2, 0.25) is 0 Å². The first-order chi connectivity index (χ1) is 12.2. The normalized spacial score (nSPS) is 17.3. The van der Waals surface area contributed by atoms with Gasteiger partial charge in [0.15, 0.2) is 6.29 Å². The van der Waals surface area contributed by atoms with E-state index in [9.17, 15) is 4.79 Å². The van der Waals surface area contributed by atoms with Gasteiger partial charge in [-0.05, 0) is 52.5 Å². The van der Waals surface area contributed by atoms with E-state index in [1.54, 1.807) is 20.3 Å². The van der Waals surface area contributed by atoms with Gasteiger partial charge >= 0.3 is 0 Å². The van der Waals surface area contributed by atoms with E-state index in [1.807, 2.05) is 6.07 Å². The van der Waals surface area contributed by atoms with Gasteiger partial charge in [-0.3, -0.25) is 4.79 Å². The maximum absolute atomic E-state index is 11.5. The molecule has 3 rings (SSSR count). The highest BCUT2D eigenvalue weighted by molar-refractivity contribution is 5.89. The van der Waals surface area contributed by atoms with Crippen molar-refractivity contribution in [3.05, 3.63) is 47.0 Å².